The van der Waals surface area contributed by atoms with Gasteiger partial charge in [0.05, 0.1) is 5.56 Å². The summed E-state index contributed by atoms with van der Waals surface area (Å²) in [6, 6.07) is 5.70. The van der Waals surface area contributed by atoms with Crippen molar-refractivity contribution in [1.82, 2.24) is 5.32 Å². The molecule has 0 aliphatic heterocycles. The van der Waals surface area contributed by atoms with Crippen LogP contribution >= 0.6 is 11.3 Å². The number of urea groups is 1. The van der Waals surface area contributed by atoms with Gasteiger partial charge in [-0.05, 0) is 46.7 Å². The van der Waals surface area contributed by atoms with Crippen molar-refractivity contribution in [3.8, 4) is 0 Å². The molecular weight excluding hydrogens is 289 g/mol. The third-order valence-corrected chi connectivity index (χ3v) is 3.24. The fourth-order valence-corrected chi connectivity index (χ4v) is 2.16. The van der Waals surface area contributed by atoms with Gasteiger partial charge in [0.2, 0.25) is 0 Å². The van der Waals surface area contributed by atoms with E-state index in [0.29, 0.717) is 12.2 Å². The van der Waals surface area contributed by atoms with E-state index in [2.05, 4.69) is 10.6 Å². The molecule has 106 valence electrons. The third kappa shape index (κ3) is 3.99. The second kappa shape index (κ2) is 5.96. The van der Waals surface area contributed by atoms with Crippen molar-refractivity contribution in [2.75, 3.05) is 5.32 Å². The zero-order valence-electron chi connectivity index (χ0n) is 10.2. The van der Waals surface area contributed by atoms with Crippen molar-refractivity contribution in [2.24, 2.45) is 0 Å². The van der Waals surface area contributed by atoms with Gasteiger partial charge in [-0.2, -0.15) is 24.5 Å². The normalized spacial score (nSPS) is 11.2. The number of alkyl halides is 3. The van der Waals surface area contributed by atoms with Gasteiger partial charge in [-0.15, -0.1) is 0 Å². The highest BCUT2D eigenvalue weighted by molar-refractivity contribution is 7.07. The van der Waals surface area contributed by atoms with Gasteiger partial charge in [0, 0.05) is 12.2 Å². The molecule has 2 N–H and O–H groups in total. The molecule has 3 nitrogen and oxygen atoms in total. The second-order valence-corrected chi connectivity index (χ2v) is 4.79. The van der Waals surface area contributed by atoms with E-state index in [4.69, 9.17) is 0 Å². The van der Waals surface area contributed by atoms with E-state index in [1.807, 2.05) is 16.8 Å². The molecule has 2 amide bonds. The SMILES string of the molecule is O=C(NCc1ccsc1)Nc1ccc(C(F)(F)F)cc1. The highest BCUT2D eigenvalue weighted by Crippen LogP contribution is 2.29. The molecule has 1 aromatic heterocycles. The molecule has 0 atom stereocenters. The molecule has 2 rings (SSSR count). The van der Waals surface area contributed by atoms with Gasteiger partial charge in [0.25, 0.3) is 0 Å². The van der Waals surface area contributed by atoms with E-state index >= 15 is 0 Å². The number of rotatable bonds is 3. The van der Waals surface area contributed by atoms with E-state index < -0.39 is 17.8 Å². The fraction of sp³-hybridized carbons (Fsp3) is 0.154. The van der Waals surface area contributed by atoms with Crippen LogP contribution in [0.4, 0.5) is 23.7 Å². The van der Waals surface area contributed by atoms with E-state index in [1.54, 1.807) is 0 Å². The minimum absolute atomic E-state index is 0.306. The van der Waals surface area contributed by atoms with Crippen LogP contribution in [0.3, 0.4) is 0 Å². The van der Waals surface area contributed by atoms with Crippen molar-refractivity contribution in [2.45, 2.75) is 12.7 Å². The Balaban J connectivity index is 1.88. The highest BCUT2D eigenvalue weighted by atomic mass is 32.1. The maximum absolute atomic E-state index is 12.4. The topological polar surface area (TPSA) is 41.1 Å². The van der Waals surface area contributed by atoms with Crippen molar-refractivity contribution in [1.29, 1.82) is 0 Å². The lowest BCUT2D eigenvalue weighted by molar-refractivity contribution is -0.137. The zero-order chi connectivity index (χ0) is 14.6. The molecule has 0 spiro atoms. The van der Waals surface area contributed by atoms with Gasteiger partial charge < -0.3 is 10.6 Å². The Morgan fingerprint density at radius 1 is 1.15 bits per heavy atom. The number of halogens is 3. The van der Waals surface area contributed by atoms with Crippen LogP contribution in [0.25, 0.3) is 0 Å². The third-order valence-electron chi connectivity index (χ3n) is 2.50. The summed E-state index contributed by atoms with van der Waals surface area (Å²) in [5.74, 6) is 0. The van der Waals surface area contributed by atoms with E-state index in [1.165, 1.54) is 23.5 Å². The van der Waals surface area contributed by atoms with Gasteiger partial charge in [-0.25, -0.2) is 4.79 Å². The molecule has 0 unspecified atom stereocenters. The van der Waals surface area contributed by atoms with Crippen molar-refractivity contribution in [3.63, 3.8) is 0 Å². The number of benzene rings is 1. The molecule has 1 heterocycles. The van der Waals surface area contributed by atoms with Crippen LogP contribution in [-0.2, 0) is 12.7 Å². The Bertz CT molecular complexity index is 564. The Morgan fingerprint density at radius 2 is 1.85 bits per heavy atom. The molecule has 1 aromatic carbocycles. The number of thiophene rings is 1. The van der Waals surface area contributed by atoms with Gasteiger partial charge in [-0.1, -0.05) is 0 Å². The van der Waals surface area contributed by atoms with Gasteiger partial charge in [-0.3, -0.25) is 0 Å². The minimum atomic E-state index is -4.38. The van der Waals surface area contributed by atoms with Crippen LogP contribution in [-0.4, -0.2) is 6.03 Å². The Morgan fingerprint density at radius 3 is 2.40 bits per heavy atom. The van der Waals surface area contributed by atoms with Crippen molar-refractivity contribution < 1.29 is 18.0 Å². The summed E-state index contributed by atoms with van der Waals surface area (Å²) in [6.45, 7) is 0.371. The summed E-state index contributed by atoms with van der Waals surface area (Å²) in [5.41, 5.74) is 0.528. The fourth-order valence-electron chi connectivity index (χ4n) is 1.49. The van der Waals surface area contributed by atoms with Crippen LogP contribution in [0.2, 0.25) is 0 Å². The first-order valence-electron chi connectivity index (χ1n) is 5.68. The molecule has 0 radical (unpaired) electrons. The van der Waals surface area contributed by atoms with Gasteiger partial charge >= 0.3 is 12.2 Å². The average molecular weight is 300 g/mol. The number of hydrogen-bond donors (Lipinski definition) is 2. The molecule has 0 fully saturated rings. The molecule has 0 saturated carbocycles. The van der Waals surface area contributed by atoms with Crippen molar-refractivity contribution >= 4 is 23.1 Å². The highest BCUT2D eigenvalue weighted by Gasteiger charge is 2.29. The second-order valence-electron chi connectivity index (χ2n) is 4.01. The Kier molecular flexibility index (Phi) is 4.29. The number of hydrogen-bond acceptors (Lipinski definition) is 2. The summed E-state index contributed by atoms with van der Waals surface area (Å²) in [6.07, 6.45) is -4.38. The number of nitrogens with one attached hydrogen (secondary N) is 2. The summed E-state index contributed by atoms with van der Waals surface area (Å²) in [4.78, 5) is 11.5. The first-order chi connectivity index (χ1) is 9.45. The smallest absolute Gasteiger partial charge is 0.334 e. The van der Waals surface area contributed by atoms with Crippen molar-refractivity contribution in [3.05, 3.63) is 52.2 Å². The molecule has 0 saturated heterocycles. The molecule has 20 heavy (non-hydrogen) atoms. The maximum Gasteiger partial charge on any atom is 0.416 e. The number of anilines is 1. The average Bonchev–Trinajstić information content (AvgIpc) is 2.89. The number of carbonyl (C=O) groups excluding carboxylic acids is 1. The largest absolute Gasteiger partial charge is 0.416 e. The Hall–Kier alpha value is -2.02. The lowest BCUT2D eigenvalue weighted by Gasteiger charge is -2.09. The monoisotopic (exact) mass is 300 g/mol. The number of carbonyl (C=O) groups is 1. The molecule has 0 bridgehead atoms. The number of amides is 2. The predicted octanol–water partition coefficient (Wildman–Crippen LogP) is 4.09. The molecular formula is C13H11F3N2OS. The van der Waals surface area contributed by atoms with E-state index in [-0.39, 0.29) is 0 Å². The Labute approximate surface area is 117 Å². The summed E-state index contributed by atoms with van der Waals surface area (Å²) in [5, 5.41) is 8.88. The lowest BCUT2D eigenvalue weighted by Crippen LogP contribution is -2.28. The molecule has 0 aliphatic carbocycles. The van der Waals surface area contributed by atoms with Crippen LogP contribution in [0.1, 0.15) is 11.1 Å². The summed E-state index contributed by atoms with van der Waals surface area (Å²) >= 11 is 1.52. The first kappa shape index (κ1) is 14.4. The van der Waals surface area contributed by atoms with Crippen LogP contribution in [0, 0.1) is 0 Å². The quantitative estimate of drug-likeness (QED) is 0.880. The summed E-state index contributed by atoms with van der Waals surface area (Å²) < 4.78 is 37.1. The first-order valence-corrected chi connectivity index (χ1v) is 6.62. The predicted molar refractivity (Wildman–Crippen MR) is 71.6 cm³/mol. The zero-order valence-corrected chi connectivity index (χ0v) is 11.0. The minimum Gasteiger partial charge on any atom is -0.334 e. The van der Waals surface area contributed by atoms with E-state index in [9.17, 15) is 18.0 Å². The molecule has 2 aromatic rings. The molecule has 0 aliphatic rings. The lowest BCUT2D eigenvalue weighted by atomic mass is 10.2. The van der Waals surface area contributed by atoms with Crippen LogP contribution < -0.4 is 10.6 Å². The van der Waals surface area contributed by atoms with Gasteiger partial charge in [0.1, 0.15) is 0 Å². The van der Waals surface area contributed by atoms with E-state index in [0.717, 1.165) is 17.7 Å². The summed E-state index contributed by atoms with van der Waals surface area (Å²) in [7, 11) is 0. The maximum atomic E-state index is 12.4. The van der Waals surface area contributed by atoms with Crippen LogP contribution in [0.5, 0.6) is 0 Å². The standard InChI is InChI=1S/C13H11F3N2OS/c14-13(15,16)10-1-3-11(4-2-10)18-12(19)17-7-9-5-6-20-8-9/h1-6,8H,7H2,(H2,17,18,19). The van der Waals surface area contributed by atoms with Crippen LogP contribution in [0.15, 0.2) is 41.1 Å². The molecule has 7 heteroatoms. The van der Waals surface area contributed by atoms with Gasteiger partial charge in [0.15, 0.2) is 0 Å².